The van der Waals surface area contributed by atoms with Gasteiger partial charge in [0, 0.05) is 71.0 Å². The first-order valence-electron chi connectivity index (χ1n) is 15.6. The van der Waals surface area contributed by atoms with Crippen LogP contribution < -0.4 is 24.6 Å². The van der Waals surface area contributed by atoms with Gasteiger partial charge in [0.1, 0.15) is 23.2 Å². The molecule has 4 aromatic rings. The van der Waals surface area contributed by atoms with Gasteiger partial charge in [-0.05, 0) is 50.6 Å². The SMILES string of the molecule is COc1nc(N2CCC(N3CCN(C)CC3)CC2)c(C)cc1Nc1ncc([N+](=O)[O-])c(Nc2ccc3nccnc3c2N(C)SC)n1. The van der Waals surface area contributed by atoms with Crippen LogP contribution in [0.1, 0.15) is 18.4 Å². The third-order valence-electron chi connectivity index (χ3n) is 8.83. The lowest BCUT2D eigenvalue weighted by Gasteiger charge is -2.42. The minimum atomic E-state index is -0.515. The molecule has 0 spiro atoms. The van der Waals surface area contributed by atoms with E-state index in [9.17, 15) is 10.1 Å². The zero-order valence-corrected chi connectivity index (χ0v) is 28.1. The molecule has 2 fully saturated rings. The number of piperidine rings is 1. The topological polar surface area (TPSA) is 154 Å². The number of nitrogens with one attached hydrogen (secondary N) is 2. The smallest absolute Gasteiger partial charge is 0.329 e. The van der Waals surface area contributed by atoms with Gasteiger partial charge in [-0.25, -0.2) is 4.98 Å². The van der Waals surface area contributed by atoms with Crippen molar-refractivity contribution in [2.45, 2.75) is 25.8 Å². The van der Waals surface area contributed by atoms with Gasteiger partial charge in [-0.15, -0.1) is 0 Å². The molecule has 5 heterocycles. The normalized spacial score (nSPS) is 16.3. The first kappa shape index (κ1) is 32.4. The molecule has 2 aliphatic rings. The maximum absolute atomic E-state index is 12.0. The Hall–Kier alpha value is -4.54. The molecule has 6 rings (SSSR count). The number of likely N-dealkylation sites (N-methyl/N-ethyl adjacent to an activating group) is 1. The predicted molar refractivity (Wildman–Crippen MR) is 187 cm³/mol. The highest BCUT2D eigenvalue weighted by Gasteiger charge is 2.28. The Balaban J connectivity index is 1.24. The average molecular weight is 661 g/mol. The number of benzene rings is 1. The van der Waals surface area contributed by atoms with E-state index in [4.69, 9.17) is 9.72 Å². The highest BCUT2D eigenvalue weighted by atomic mass is 32.2. The maximum Gasteiger partial charge on any atom is 0.329 e. The molecule has 16 heteroatoms. The molecule has 0 aliphatic carbocycles. The van der Waals surface area contributed by atoms with Gasteiger partial charge in [0.25, 0.3) is 0 Å². The van der Waals surface area contributed by atoms with Crippen molar-refractivity contribution in [2.75, 3.05) is 86.6 Å². The Kier molecular flexibility index (Phi) is 9.70. The Morgan fingerprint density at radius 2 is 1.77 bits per heavy atom. The molecule has 0 amide bonds. The summed E-state index contributed by atoms with van der Waals surface area (Å²) in [6.45, 7) is 8.37. The second-order valence-electron chi connectivity index (χ2n) is 11.7. The summed E-state index contributed by atoms with van der Waals surface area (Å²) in [5, 5.41) is 18.4. The van der Waals surface area contributed by atoms with Crippen LogP contribution >= 0.6 is 11.9 Å². The summed E-state index contributed by atoms with van der Waals surface area (Å²) in [4.78, 5) is 41.4. The van der Waals surface area contributed by atoms with Gasteiger partial charge in [0.05, 0.1) is 28.9 Å². The van der Waals surface area contributed by atoms with Crippen LogP contribution in [0.2, 0.25) is 0 Å². The van der Waals surface area contributed by atoms with Crippen LogP contribution in [0, 0.1) is 17.0 Å². The van der Waals surface area contributed by atoms with E-state index in [1.54, 1.807) is 25.6 Å². The van der Waals surface area contributed by atoms with Crippen LogP contribution in [0.15, 0.2) is 36.8 Å². The fraction of sp³-hybridized carbons (Fsp3) is 0.452. The van der Waals surface area contributed by atoms with Crippen LogP contribution in [0.3, 0.4) is 0 Å². The first-order valence-corrected chi connectivity index (χ1v) is 16.7. The lowest BCUT2D eigenvalue weighted by atomic mass is 10.0. The van der Waals surface area contributed by atoms with Crippen LogP contribution in [0.5, 0.6) is 5.88 Å². The van der Waals surface area contributed by atoms with Crippen LogP contribution in [0.4, 0.5) is 40.3 Å². The zero-order chi connectivity index (χ0) is 33.1. The molecule has 3 aromatic heterocycles. The van der Waals surface area contributed by atoms with Crippen molar-refractivity contribution in [1.29, 1.82) is 0 Å². The van der Waals surface area contributed by atoms with E-state index in [1.807, 2.05) is 36.7 Å². The van der Waals surface area contributed by atoms with E-state index >= 15 is 0 Å². The summed E-state index contributed by atoms with van der Waals surface area (Å²) in [6.07, 6.45) is 8.54. The fourth-order valence-corrected chi connectivity index (χ4v) is 6.59. The Bertz CT molecular complexity index is 1740. The zero-order valence-electron chi connectivity index (χ0n) is 27.3. The number of hydrogen-bond acceptors (Lipinski definition) is 15. The summed E-state index contributed by atoms with van der Waals surface area (Å²) >= 11 is 1.47. The minimum absolute atomic E-state index is 0.0231. The number of nitrogens with zero attached hydrogens (tertiary/aromatic N) is 10. The predicted octanol–water partition coefficient (Wildman–Crippen LogP) is 4.46. The van der Waals surface area contributed by atoms with Crippen molar-refractivity contribution in [3.63, 3.8) is 0 Å². The summed E-state index contributed by atoms with van der Waals surface area (Å²) in [7, 11) is 5.65. The molecule has 2 saturated heterocycles. The van der Waals surface area contributed by atoms with Crippen molar-refractivity contribution in [1.82, 2.24) is 34.7 Å². The van der Waals surface area contributed by atoms with E-state index in [2.05, 4.69) is 52.3 Å². The highest BCUT2D eigenvalue weighted by Crippen LogP contribution is 2.38. The summed E-state index contributed by atoms with van der Waals surface area (Å²) in [6, 6.07) is 6.18. The molecular formula is C31H40N12O3S. The van der Waals surface area contributed by atoms with Crippen LogP contribution in [-0.2, 0) is 0 Å². The van der Waals surface area contributed by atoms with Crippen molar-refractivity contribution in [3.05, 3.63) is 52.5 Å². The van der Waals surface area contributed by atoms with Crippen LogP contribution in [0.25, 0.3) is 11.0 Å². The number of aryl methyl sites for hydroxylation is 1. The second kappa shape index (κ2) is 14.1. The third-order valence-corrected chi connectivity index (χ3v) is 9.56. The number of ether oxygens (including phenoxy) is 1. The Labute approximate surface area is 278 Å². The van der Waals surface area contributed by atoms with Crippen LogP contribution in [-0.4, -0.2) is 112 Å². The number of aromatic nitrogens is 5. The van der Waals surface area contributed by atoms with E-state index in [-0.39, 0.29) is 17.5 Å². The number of anilines is 6. The van der Waals surface area contributed by atoms with Crippen molar-refractivity contribution < 1.29 is 9.66 Å². The summed E-state index contributed by atoms with van der Waals surface area (Å²) < 4.78 is 7.62. The number of nitro groups is 1. The van der Waals surface area contributed by atoms with E-state index in [0.717, 1.165) is 69.2 Å². The maximum atomic E-state index is 12.0. The number of fused-ring (bicyclic) bond motifs is 1. The Morgan fingerprint density at radius 3 is 2.47 bits per heavy atom. The summed E-state index contributed by atoms with van der Waals surface area (Å²) in [5.74, 6) is 1.45. The molecule has 0 unspecified atom stereocenters. The second-order valence-corrected chi connectivity index (χ2v) is 12.7. The van der Waals surface area contributed by atoms with Gasteiger partial charge in [-0.1, -0.05) is 11.9 Å². The number of pyridine rings is 1. The molecule has 0 radical (unpaired) electrons. The van der Waals surface area contributed by atoms with Gasteiger partial charge >= 0.3 is 5.69 Å². The first-order chi connectivity index (χ1) is 22.7. The molecule has 0 saturated carbocycles. The summed E-state index contributed by atoms with van der Waals surface area (Å²) in [5.41, 5.74) is 3.92. The molecule has 0 bridgehead atoms. The van der Waals surface area contributed by atoms with E-state index < -0.39 is 4.92 Å². The molecular weight excluding hydrogens is 620 g/mol. The molecule has 248 valence electrons. The fourth-order valence-electron chi connectivity index (χ4n) is 6.22. The number of hydrogen-bond donors (Lipinski definition) is 2. The van der Waals surface area contributed by atoms with Crippen molar-refractivity contribution in [2.24, 2.45) is 0 Å². The molecule has 1 aromatic carbocycles. The molecule has 2 aliphatic heterocycles. The van der Waals surface area contributed by atoms with Gasteiger partial charge in [-0.3, -0.25) is 25.0 Å². The monoisotopic (exact) mass is 660 g/mol. The van der Waals surface area contributed by atoms with Crippen molar-refractivity contribution in [3.8, 4) is 5.88 Å². The molecule has 0 atom stereocenters. The van der Waals surface area contributed by atoms with Gasteiger partial charge in [0.15, 0.2) is 0 Å². The standard InChI is InChI=1S/C31H40N12O3S/c1-20-18-24(30(46-4)38-29(20)42-12-8-21(9-13-42)41-16-14-39(2)15-17-41)36-31-34-19-25(43(44)45)28(37-31)35-23-7-6-22-26(33-11-10-32-22)27(23)40(3)47-5/h6-7,10-11,18-19,21H,8-9,12-17H2,1-5H3,(H2,34,35,36,37). The Morgan fingerprint density at radius 1 is 1.02 bits per heavy atom. The minimum Gasteiger partial charge on any atom is -0.479 e. The highest BCUT2D eigenvalue weighted by molar-refractivity contribution is 7.99. The number of piperazine rings is 1. The van der Waals surface area contributed by atoms with Gasteiger partial charge < -0.3 is 29.5 Å². The number of rotatable bonds is 10. The number of methoxy groups -OCH3 is 1. The lowest BCUT2D eigenvalue weighted by Crippen LogP contribution is -2.52. The largest absolute Gasteiger partial charge is 0.479 e. The van der Waals surface area contributed by atoms with Crippen molar-refractivity contribution >= 4 is 63.3 Å². The van der Waals surface area contributed by atoms with Gasteiger partial charge in [0.2, 0.25) is 17.6 Å². The molecule has 2 N–H and O–H groups in total. The lowest BCUT2D eigenvalue weighted by molar-refractivity contribution is -0.384. The third kappa shape index (κ3) is 6.94. The molecule has 47 heavy (non-hydrogen) atoms. The quantitative estimate of drug-likeness (QED) is 0.140. The van der Waals surface area contributed by atoms with E-state index in [0.29, 0.717) is 34.3 Å². The van der Waals surface area contributed by atoms with E-state index in [1.165, 1.54) is 18.1 Å². The van der Waals surface area contributed by atoms with Gasteiger partial charge in [-0.2, -0.15) is 9.97 Å². The average Bonchev–Trinajstić information content (AvgIpc) is 3.08. The molecule has 15 nitrogen and oxygen atoms in total.